The lowest BCUT2D eigenvalue weighted by atomic mass is 10.2. The first-order chi connectivity index (χ1) is 7.25. The number of amides is 1. The third-order valence-electron chi connectivity index (χ3n) is 2.18. The predicted octanol–water partition coefficient (Wildman–Crippen LogP) is 2.45. The van der Waals surface area contributed by atoms with Gasteiger partial charge in [0.15, 0.2) is 0 Å². The molecule has 0 aliphatic heterocycles. The highest BCUT2D eigenvalue weighted by Crippen LogP contribution is 2.11. The van der Waals surface area contributed by atoms with Gasteiger partial charge in [0.1, 0.15) is 0 Å². The van der Waals surface area contributed by atoms with Gasteiger partial charge in [0.25, 0.3) is 0 Å². The molecular formula is C11H15ClN2O. The predicted molar refractivity (Wildman–Crippen MR) is 62.2 cm³/mol. The summed E-state index contributed by atoms with van der Waals surface area (Å²) in [6, 6.07) is 3.68. The van der Waals surface area contributed by atoms with E-state index in [4.69, 9.17) is 11.6 Å². The molecule has 0 unspecified atom stereocenters. The minimum Gasteiger partial charge on any atom is -0.314 e. The fraction of sp³-hybridized carbons (Fsp3) is 0.455. The molecule has 0 saturated heterocycles. The van der Waals surface area contributed by atoms with Gasteiger partial charge in [0.2, 0.25) is 5.91 Å². The molecule has 0 aliphatic rings. The van der Waals surface area contributed by atoms with E-state index in [0.29, 0.717) is 12.3 Å². The van der Waals surface area contributed by atoms with Crippen LogP contribution in [0.4, 0.5) is 5.69 Å². The molecule has 0 aromatic carbocycles. The number of hydrogen-bond donors (Lipinski definition) is 0. The lowest BCUT2D eigenvalue weighted by Crippen LogP contribution is -2.25. The van der Waals surface area contributed by atoms with E-state index in [1.54, 1.807) is 24.3 Å². The smallest absolute Gasteiger partial charge is 0.226 e. The number of unbranched alkanes of at least 4 members (excludes halogenated alkanes) is 1. The van der Waals surface area contributed by atoms with E-state index in [0.717, 1.165) is 18.5 Å². The summed E-state index contributed by atoms with van der Waals surface area (Å²) in [5, 5.41) is 0. The van der Waals surface area contributed by atoms with Crippen LogP contribution in [0.5, 0.6) is 0 Å². The van der Waals surface area contributed by atoms with Crippen molar-refractivity contribution in [3.05, 3.63) is 24.5 Å². The van der Waals surface area contributed by atoms with Gasteiger partial charge in [-0.05, 0) is 25.0 Å². The summed E-state index contributed by atoms with van der Waals surface area (Å²) < 4.78 is 0. The van der Waals surface area contributed by atoms with Crippen molar-refractivity contribution >= 4 is 23.2 Å². The van der Waals surface area contributed by atoms with Crippen molar-refractivity contribution in [3.8, 4) is 0 Å². The Balaban J connectivity index is 2.46. The SMILES string of the molecule is CN(C(=O)CCCCCl)c1cccnc1. The van der Waals surface area contributed by atoms with E-state index >= 15 is 0 Å². The summed E-state index contributed by atoms with van der Waals surface area (Å²) in [6.45, 7) is 0. The fourth-order valence-electron chi connectivity index (χ4n) is 1.23. The molecule has 82 valence electrons. The van der Waals surface area contributed by atoms with Crippen LogP contribution < -0.4 is 4.90 Å². The maximum absolute atomic E-state index is 11.7. The second-order valence-electron chi connectivity index (χ2n) is 3.31. The van der Waals surface area contributed by atoms with Gasteiger partial charge in [-0.2, -0.15) is 0 Å². The number of halogens is 1. The Hall–Kier alpha value is -1.09. The summed E-state index contributed by atoms with van der Waals surface area (Å²) >= 11 is 5.55. The third-order valence-corrected chi connectivity index (χ3v) is 2.45. The molecule has 1 aromatic rings. The first-order valence-electron chi connectivity index (χ1n) is 4.98. The molecule has 3 nitrogen and oxygen atoms in total. The van der Waals surface area contributed by atoms with Gasteiger partial charge < -0.3 is 4.90 Å². The number of carbonyl (C=O) groups excluding carboxylic acids is 1. The van der Waals surface area contributed by atoms with Crippen molar-refractivity contribution in [2.24, 2.45) is 0 Å². The zero-order valence-electron chi connectivity index (χ0n) is 8.82. The fourth-order valence-corrected chi connectivity index (χ4v) is 1.42. The van der Waals surface area contributed by atoms with E-state index in [1.807, 2.05) is 12.1 Å². The van der Waals surface area contributed by atoms with Crippen LogP contribution in [0.1, 0.15) is 19.3 Å². The molecule has 0 N–H and O–H groups in total. The van der Waals surface area contributed by atoms with Gasteiger partial charge in [0, 0.05) is 25.5 Å². The molecule has 1 heterocycles. The largest absolute Gasteiger partial charge is 0.314 e. The number of anilines is 1. The van der Waals surface area contributed by atoms with Gasteiger partial charge in [-0.25, -0.2) is 0 Å². The van der Waals surface area contributed by atoms with Gasteiger partial charge in [-0.1, -0.05) is 0 Å². The molecule has 1 aromatic heterocycles. The Morgan fingerprint density at radius 3 is 2.93 bits per heavy atom. The number of aromatic nitrogens is 1. The highest BCUT2D eigenvalue weighted by Gasteiger charge is 2.09. The van der Waals surface area contributed by atoms with Crippen LogP contribution in [0.3, 0.4) is 0 Å². The first kappa shape index (κ1) is 12.0. The maximum atomic E-state index is 11.7. The van der Waals surface area contributed by atoms with Crippen LogP contribution in [0.15, 0.2) is 24.5 Å². The van der Waals surface area contributed by atoms with Gasteiger partial charge in [0.05, 0.1) is 11.9 Å². The average Bonchev–Trinajstić information content (AvgIpc) is 2.29. The highest BCUT2D eigenvalue weighted by molar-refractivity contribution is 6.17. The molecule has 0 radical (unpaired) electrons. The van der Waals surface area contributed by atoms with Gasteiger partial charge in [-0.3, -0.25) is 9.78 Å². The van der Waals surface area contributed by atoms with Gasteiger partial charge >= 0.3 is 0 Å². The second-order valence-corrected chi connectivity index (χ2v) is 3.69. The van der Waals surface area contributed by atoms with Crippen LogP contribution in [-0.2, 0) is 4.79 Å². The molecule has 0 bridgehead atoms. The first-order valence-corrected chi connectivity index (χ1v) is 5.51. The van der Waals surface area contributed by atoms with Crippen molar-refractivity contribution in [3.63, 3.8) is 0 Å². The zero-order chi connectivity index (χ0) is 11.1. The Morgan fingerprint density at radius 2 is 2.33 bits per heavy atom. The minimum atomic E-state index is 0.105. The lowest BCUT2D eigenvalue weighted by molar-refractivity contribution is -0.118. The van der Waals surface area contributed by atoms with E-state index in [9.17, 15) is 4.79 Å². The van der Waals surface area contributed by atoms with E-state index in [-0.39, 0.29) is 5.91 Å². The molecule has 15 heavy (non-hydrogen) atoms. The Kier molecular flexibility index (Phi) is 5.12. The highest BCUT2D eigenvalue weighted by atomic mass is 35.5. The van der Waals surface area contributed by atoms with Crippen molar-refractivity contribution in [2.75, 3.05) is 17.8 Å². The van der Waals surface area contributed by atoms with Crippen LogP contribution >= 0.6 is 11.6 Å². The molecule has 1 amide bonds. The summed E-state index contributed by atoms with van der Waals surface area (Å²) in [4.78, 5) is 17.3. The number of nitrogens with zero attached hydrogens (tertiary/aromatic N) is 2. The number of alkyl halides is 1. The summed E-state index contributed by atoms with van der Waals surface area (Å²) in [6.07, 6.45) is 5.63. The maximum Gasteiger partial charge on any atom is 0.226 e. The van der Waals surface area contributed by atoms with Crippen LogP contribution in [0.25, 0.3) is 0 Å². The van der Waals surface area contributed by atoms with Crippen molar-refractivity contribution in [1.82, 2.24) is 4.98 Å². The van der Waals surface area contributed by atoms with Gasteiger partial charge in [-0.15, -0.1) is 11.6 Å². The van der Waals surface area contributed by atoms with Crippen molar-refractivity contribution in [1.29, 1.82) is 0 Å². The summed E-state index contributed by atoms with van der Waals surface area (Å²) in [5.41, 5.74) is 0.827. The number of hydrogen-bond acceptors (Lipinski definition) is 2. The standard InChI is InChI=1S/C11H15ClN2O/c1-14(10-5-4-8-13-9-10)11(15)6-2-3-7-12/h4-5,8-9H,2-3,6-7H2,1H3. The van der Waals surface area contributed by atoms with Crippen LogP contribution in [0.2, 0.25) is 0 Å². The normalized spacial score (nSPS) is 10.0. The van der Waals surface area contributed by atoms with Crippen molar-refractivity contribution < 1.29 is 4.79 Å². The molecule has 0 aliphatic carbocycles. The molecule has 0 spiro atoms. The zero-order valence-corrected chi connectivity index (χ0v) is 9.57. The minimum absolute atomic E-state index is 0.105. The van der Waals surface area contributed by atoms with Crippen molar-refractivity contribution in [2.45, 2.75) is 19.3 Å². The lowest BCUT2D eigenvalue weighted by Gasteiger charge is -2.16. The van der Waals surface area contributed by atoms with E-state index < -0.39 is 0 Å². The molecular weight excluding hydrogens is 212 g/mol. The Bertz CT molecular complexity index is 303. The molecule has 0 atom stereocenters. The quantitative estimate of drug-likeness (QED) is 0.571. The van der Waals surface area contributed by atoms with Crippen LogP contribution in [0, 0.1) is 0 Å². The second kappa shape index (κ2) is 6.40. The third kappa shape index (κ3) is 3.88. The Labute approximate surface area is 95.1 Å². The number of pyridine rings is 1. The Morgan fingerprint density at radius 1 is 1.53 bits per heavy atom. The topological polar surface area (TPSA) is 33.2 Å². The summed E-state index contributed by atoms with van der Waals surface area (Å²) in [7, 11) is 1.76. The monoisotopic (exact) mass is 226 g/mol. The summed E-state index contributed by atoms with van der Waals surface area (Å²) in [5.74, 6) is 0.720. The van der Waals surface area contributed by atoms with E-state index in [2.05, 4.69) is 4.98 Å². The average molecular weight is 227 g/mol. The molecule has 0 saturated carbocycles. The van der Waals surface area contributed by atoms with Crippen LogP contribution in [-0.4, -0.2) is 23.8 Å². The molecule has 4 heteroatoms. The van der Waals surface area contributed by atoms with E-state index in [1.165, 1.54) is 0 Å². The molecule has 1 rings (SSSR count). The molecule has 0 fully saturated rings. The number of carbonyl (C=O) groups is 1. The number of rotatable bonds is 5.